The Kier molecular flexibility index (Phi) is 5.20. The number of hydrogen-bond acceptors (Lipinski definition) is 4. The summed E-state index contributed by atoms with van der Waals surface area (Å²) < 4.78 is 7.16. The number of amides is 2. The van der Waals surface area contributed by atoms with E-state index < -0.39 is 6.09 Å². The molecule has 8 heteroatoms. The van der Waals surface area contributed by atoms with Crippen LogP contribution in [0.2, 0.25) is 0 Å². The van der Waals surface area contributed by atoms with Crippen LogP contribution < -0.4 is 9.80 Å². The van der Waals surface area contributed by atoms with Gasteiger partial charge in [-0.05, 0) is 43.4 Å². The first-order valence-corrected chi connectivity index (χ1v) is 11.4. The Morgan fingerprint density at radius 3 is 2.50 bits per heavy atom. The largest absolute Gasteiger partial charge is 0.465 e. The van der Waals surface area contributed by atoms with Crippen molar-refractivity contribution in [1.82, 2.24) is 9.78 Å². The molecule has 1 saturated heterocycles. The standard InChI is InChI=1S/C24H30N4O4/c1-14(2)22-15(3)27(23(29)17-4-5-17)20-7-6-18(8-21(20)28(22)24(30)31)19-9-25-26(11-19)10-16-12-32-13-16/h6-9,11,14-17,22H,4-5,10,12-13H2,1-3H3,(H,30,31)/t15-,22?/m0/s1. The SMILES string of the molecule is CC(C)C1[C@H](C)N(C(=O)C2CC2)c2ccc(-c3cnn(CC4COC4)c3)cc2N1C(=O)O. The molecular weight excluding hydrogens is 408 g/mol. The maximum Gasteiger partial charge on any atom is 0.412 e. The fraction of sp³-hybridized carbons (Fsp3) is 0.542. The zero-order valence-electron chi connectivity index (χ0n) is 18.8. The van der Waals surface area contributed by atoms with Gasteiger partial charge in [-0.1, -0.05) is 19.9 Å². The lowest BCUT2D eigenvalue weighted by Gasteiger charge is -2.47. The summed E-state index contributed by atoms with van der Waals surface area (Å²) in [5.74, 6) is 0.713. The van der Waals surface area contributed by atoms with Gasteiger partial charge in [0, 0.05) is 30.1 Å². The number of nitrogens with zero attached hydrogens (tertiary/aromatic N) is 4. The van der Waals surface area contributed by atoms with Crippen LogP contribution in [0.15, 0.2) is 30.6 Å². The molecule has 3 aliphatic rings. The van der Waals surface area contributed by atoms with Crippen molar-refractivity contribution < 1.29 is 19.4 Å². The molecule has 1 saturated carbocycles. The van der Waals surface area contributed by atoms with Gasteiger partial charge in [-0.15, -0.1) is 0 Å². The summed E-state index contributed by atoms with van der Waals surface area (Å²) in [4.78, 5) is 28.9. The van der Waals surface area contributed by atoms with Crippen LogP contribution in [0.25, 0.3) is 11.1 Å². The van der Waals surface area contributed by atoms with Crippen LogP contribution in [0.1, 0.15) is 33.6 Å². The van der Waals surface area contributed by atoms with Crippen LogP contribution in [-0.2, 0) is 16.1 Å². The number of ether oxygens (including phenoxy) is 1. The summed E-state index contributed by atoms with van der Waals surface area (Å²) in [5, 5.41) is 14.6. The minimum atomic E-state index is -0.992. The van der Waals surface area contributed by atoms with E-state index in [0.29, 0.717) is 17.3 Å². The smallest absolute Gasteiger partial charge is 0.412 e. The number of carboxylic acid groups (broad SMARTS) is 1. The first-order chi connectivity index (χ1) is 15.3. The van der Waals surface area contributed by atoms with Crippen molar-refractivity contribution in [1.29, 1.82) is 0 Å². The predicted molar refractivity (Wildman–Crippen MR) is 121 cm³/mol. The van der Waals surface area contributed by atoms with Crippen molar-refractivity contribution in [3.63, 3.8) is 0 Å². The second kappa shape index (κ2) is 7.92. The predicted octanol–water partition coefficient (Wildman–Crippen LogP) is 3.85. The van der Waals surface area contributed by atoms with E-state index in [2.05, 4.69) is 5.10 Å². The minimum Gasteiger partial charge on any atom is -0.465 e. The first kappa shape index (κ1) is 21.0. The number of benzene rings is 1. The highest BCUT2D eigenvalue weighted by molar-refractivity contribution is 6.05. The van der Waals surface area contributed by atoms with Crippen molar-refractivity contribution in [3.8, 4) is 11.1 Å². The number of carbonyl (C=O) groups excluding carboxylic acids is 1. The van der Waals surface area contributed by atoms with Gasteiger partial charge in [0.25, 0.3) is 0 Å². The second-order valence-corrected chi connectivity index (χ2v) is 9.67. The summed E-state index contributed by atoms with van der Waals surface area (Å²) in [6.07, 6.45) is 4.63. The van der Waals surface area contributed by atoms with Gasteiger partial charge in [0.15, 0.2) is 0 Å². The van der Waals surface area contributed by atoms with Crippen molar-refractivity contribution in [2.45, 2.75) is 52.2 Å². The highest BCUT2D eigenvalue weighted by Gasteiger charge is 2.46. The highest BCUT2D eigenvalue weighted by atomic mass is 16.5. The van der Waals surface area contributed by atoms with E-state index in [0.717, 1.165) is 43.7 Å². The fourth-order valence-corrected chi connectivity index (χ4v) is 5.05. The Labute approximate surface area is 187 Å². The Balaban J connectivity index is 1.55. The third-order valence-corrected chi connectivity index (χ3v) is 6.87. The first-order valence-electron chi connectivity index (χ1n) is 11.4. The normalized spacial score (nSPS) is 23.2. The molecule has 1 unspecified atom stereocenters. The lowest BCUT2D eigenvalue weighted by molar-refractivity contribution is -0.120. The topological polar surface area (TPSA) is 87.9 Å². The van der Waals surface area contributed by atoms with Gasteiger partial charge in [-0.2, -0.15) is 5.10 Å². The number of carbonyl (C=O) groups is 2. The molecule has 2 fully saturated rings. The minimum absolute atomic E-state index is 0.0554. The van der Waals surface area contributed by atoms with E-state index >= 15 is 0 Å². The van der Waals surface area contributed by atoms with Crippen LogP contribution >= 0.6 is 0 Å². The maximum absolute atomic E-state index is 13.2. The number of fused-ring (bicyclic) bond motifs is 1. The molecule has 0 radical (unpaired) electrons. The molecule has 2 atom stereocenters. The van der Waals surface area contributed by atoms with E-state index in [-0.39, 0.29) is 29.8 Å². The molecule has 1 aliphatic carbocycles. The van der Waals surface area contributed by atoms with Crippen LogP contribution in [0.3, 0.4) is 0 Å². The number of rotatable bonds is 5. The molecule has 2 aromatic rings. The van der Waals surface area contributed by atoms with Gasteiger partial charge in [0.05, 0.1) is 42.9 Å². The summed E-state index contributed by atoms with van der Waals surface area (Å²) in [7, 11) is 0. The van der Waals surface area contributed by atoms with Crippen LogP contribution in [0, 0.1) is 17.8 Å². The van der Waals surface area contributed by atoms with Crippen LogP contribution in [-0.4, -0.2) is 52.2 Å². The van der Waals surface area contributed by atoms with Gasteiger partial charge >= 0.3 is 6.09 Å². The highest BCUT2D eigenvalue weighted by Crippen LogP contribution is 2.45. The summed E-state index contributed by atoms with van der Waals surface area (Å²) in [6, 6.07) is 5.20. The Morgan fingerprint density at radius 2 is 1.91 bits per heavy atom. The van der Waals surface area contributed by atoms with Gasteiger partial charge < -0.3 is 14.7 Å². The van der Waals surface area contributed by atoms with Crippen molar-refractivity contribution in [2.24, 2.45) is 17.8 Å². The lowest BCUT2D eigenvalue weighted by Crippen LogP contribution is -2.60. The Hall–Kier alpha value is -2.87. The Morgan fingerprint density at radius 1 is 1.16 bits per heavy atom. The van der Waals surface area contributed by atoms with Crippen LogP contribution in [0.4, 0.5) is 16.2 Å². The number of hydrogen-bond donors (Lipinski definition) is 1. The van der Waals surface area contributed by atoms with E-state index in [4.69, 9.17) is 4.74 Å². The molecular formula is C24H30N4O4. The number of aromatic nitrogens is 2. The van der Waals surface area contributed by atoms with Crippen LogP contribution in [0.5, 0.6) is 0 Å². The second-order valence-electron chi connectivity index (χ2n) is 9.67. The van der Waals surface area contributed by atoms with E-state index in [1.54, 1.807) is 0 Å². The average molecular weight is 439 g/mol. The van der Waals surface area contributed by atoms with Crippen molar-refractivity contribution >= 4 is 23.4 Å². The van der Waals surface area contributed by atoms with Crippen molar-refractivity contribution in [3.05, 3.63) is 30.6 Å². The van der Waals surface area contributed by atoms with Gasteiger partial charge in [-0.25, -0.2) is 4.79 Å². The third kappa shape index (κ3) is 3.56. The molecule has 170 valence electrons. The molecule has 0 bridgehead atoms. The molecule has 3 heterocycles. The molecule has 2 amide bonds. The lowest BCUT2D eigenvalue weighted by atomic mass is 9.89. The van der Waals surface area contributed by atoms with E-state index in [1.165, 1.54) is 4.90 Å². The molecule has 2 aliphatic heterocycles. The molecule has 0 spiro atoms. The summed E-state index contributed by atoms with van der Waals surface area (Å²) in [6.45, 7) is 8.33. The zero-order chi connectivity index (χ0) is 22.6. The maximum atomic E-state index is 13.2. The zero-order valence-corrected chi connectivity index (χ0v) is 18.8. The molecule has 1 aromatic carbocycles. The molecule has 32 heavy (non-hydrogen) atoms. The molecule has 1 aromatic heterocycles. The number of anilines is 2. The van der Waals surface area contributed by atoms with Crippen molar-refractivity contribution in [2.75, 3.05) is 23.0 Å². The fourth-order valence-electron chi connectivity index (χ4n) is 5.05. The molecule has 8 nitrogen and oxygen atoms in total. The molecule has 1 N–H and O–H groups in total. The molecule has 5 rings (SSSR count). The van der Waals surface area contributed by atoms with Gasteiger partial charge in [0.1, 0.15) is 0 Å². The van der Waals surface area contributed by atoms with E-state index in [1.807, 2.05) is 60.9 Å². The monoisotopic (exact) mass is 438 g/mol. The van der Waals surface area contributed by atoms with Gasteiger partial charge in [0.2, 0.25) is 5.91 Å². The summed E-state index contributed by atoms with van der Waals surface area (Å²) >= 11 is 0. The van der Waals surface area contributed by atoms with E-state index in [9.17, 15) is 14.7 Å². The Bertz CT molecular complexity index is 1040. The third-order valence-electron chi connectivity index (χ3n) is 6.87. The summed E-state index contributed by atoms with van der Waals surface area (Å²) in [5.41, 5.74) is 3.07. The average Bonchev–Trinajstić information content (AvgIpc) is 3.47. The van der Waals surface area contributed by atoms with Gasteiger partial charge in [-0.3, -0.25) is 14.4 Å². The quantitative estimate of drug-likeness (QED) is 0.766.